The highest BCUT2D eigenvalue weighted by Crippen LogP contribution is 2.36. The van der Waals surface area contributed by atoms with Gasteiger partial charge in [0.25, 0.3) is 0 Å². The van der Waals surface area contributed by atoms with E-state index in [0.29, 0.717) is 0 Å². The number of hydrogen-bond acceptors (Lipinski definition) is 5. The standard InChI is InChI=1S/C15H20N4S/c1-10-5-3-6-11(17-10)9-19(2)15-18-13-8-4-7-12(16)14(13)20-15/h3,5-6,12H,4,7-9,16H2,1-2H3. The second-order valence-electron chi connectivity index (χ2n) is 5.43. The largest absolute Gasteiger partial charge is 0.345 e. The lowest BCUT2D eigenvalue weighted by Gasteiger charge is -2.15. The maximum Gasteiger partial charge on any atom is 0.185 e. The molecule has 1 aliphatic carbocycles. The Morgan fingerprint density at radius 2 is 2.25 bits per heavy atom. The Labute approximate surface area is 123 Å². The first-order valence-electron chi connectivity index (χ1n) is 7.02. The molecule has 0 aromatic carbocycles. The van der Waals surface area contributed by atoms with Gasteiger partial charge in [0.1, 0.15) is 0 Å². The first-order chi connectivity index (χ1) is 9.63. The topological polar surface area (TPSA) is 55.0 Å². The van der Waals surface area contributed by atoms with Crippen molar-refractivity contribution in [2.75, 3.05) is 11.9 Å². The number of thiazole rings is 1. The van der Waals surface area contributed by atoms with E-state index in [1.807, 2.05) is 19.1 Å². The average molecular weight is 288 g/mol. The molecule has 0 fully saturated rings. The first-order valence-corrected chi connectivity index (χ1v) is 7.84. The predicted octanol–water partition coefficient (Wildman–Crippen LogP) is 2.82. The van der Waals surface area contributed by atoms with Crippen molar-refractivity contribution in [2.45, 2.75) is 38.8 Å². The van der Waals surface area contributed by atoms with Gasteiger partial charge in [0.05, 0.1) is 17.9 Å². The number of nitrogens with two attached hydrogens (primary N) is 1. The molecule has 2 N–H and O–H groups in total. The minimum Gasteiger partial charge on any atom is -0.345 e. The number of rotatable bonds is 3. The lowest BCUT2D eigenvalue weighted by molar-refractivity contribution is 0.573. The summed E-state index contributed by atoms with van der Waals surface area (Å²) >= 11 is 1.74. The molecule has 2 aromatic heterocycles. The molecule has 2 heterocycles. The van der Waals surface area contributed by atoms with Crippen LogP contribution in [0.2, 0.25) is 0 Å². The van der Waals surface area contributed by atoms with Crippen LogP contribution in [0.15, 0.2) is 18.2 Å². The quantitative estimate of drug-likeness (QED) is 0.943. The van der Waals surface area contributed by atoms with E-state index in [4.69, 9.17) is 10.7 Å². The van der Waals surface area contributed by atoms with Crippen molar-refractivity contribution in [1.29, 1.82) is 0 Å². The van der Waals surface area contributed by atoms with Crippen molar-refractivity contribution in [3.8, 4) is 0 Å². The fourth-order valence-corrected chi connectivity index (χ4v) is 3.71. The van der Waals surface area contributed by atoms with Crippen LogP contribution in [0.5, 0.6) is 0 Å². The van der Waals surface area contributed by atoms with Crippen molar-refractivity contribution in [2.24, 2.45) is 5.73 Å². The second kappa shape index (κ2) is 5.50. The van der Waals surface area contributed by atoms with Crippen LogP contribution in [0.25, 0.3) is 0 Å². The Morgan fingerprint density at radius 1 is 1.40 bits per heavy atom. The summed E-state index contributed by atoms with van der Waals surface area (Å²) in [6.07, 6.45) is 3.30. The zero-order valence-corrected chi connectivity index (χ0v) is 12.8. The van der Waals surface area contributed by atoms with Gasteiger partial charge >= 0.3 is 0 Å². The van der Waals surface area contributed by atoms with E-state index in [9.17, 15) is 0 Å². The highest BCUT2D eigenvalue weighted by Gasteiger charge is 2.22. The smallest absolute Gasteiger partial charge is 0.185 e. The highest BCUT2D eigenvalue weighted by atomic mass is 32.1. The molecule has 1 unspecified atom stereocenters. The summed E-state index contributed by atoms with van der Waals surface area (Å²) in [4.78, 5) is 12.7. The average Bonchev–Trinajstić information content (AvgIpc) is 2.84. The van der Waals surface area contributed by atoms with E-state index in [0.717, 1.165) is 42.3 Å². The first kappa shape index (κ1) is 13.5. The van der Waals surface area contributed by atoms with Gasteiger partial charge in [-0.05, 0) is 38.3 Å². The van der Waals surface area contributed by atoms with Crippen molar-refractivity contribution >= 4 is 16.5 Å². The van der Waals surface area contributed by atoms with E-state index >= 15 is 0 Å². The normalized spacial score (nSPS) is 17.9. The van der Waals surface area contributed by atoms with Gasteiger partial charge in [-0.15, -0.1) is 0 Å². The number of fused-ring (bicyclic) bond motifs is 1. The third-order valence-corrected chi connectivity index (χ3v) is 5.00. The van der Waals surface area contributed by atoms with E-state index in [1.54, 1.807) is 11.3 Å². The molecule has 5 heteroatoms. The molecule has 0 saturated heterocycles. The van der Waals surface area contributed by atoms with Crippen LogP contribution in [0, 0.1) is 6.92 Å². The molecule has 0 spiro atoms. The van der Waals surface area contributed by atoms with Crippen molar-refractivity contribution < 1.29 is 0 Å². The molecule has 0 saturated carbocycles. The molecule has 2 aromatic rings. The molecule has 1 aliphatic rings. The van der Waals surface area contributed by atoms with Gasteiger partial charge in [-0.3, -0.25) is 4.98 Å². The fourth-order valence-electron chi connectivity index (χ4n) is 2.60. The maximum atomic E-state index is 6.17. The molecule has 0 radical (unpaired) electrons. The lowest BCUT2D eigenvalue weighted by atomic mass is 9.99. The summed E-state index contributed by atoms with van der Waals surface area (Å²) in [5.41, 5.74) is 9.50. The van der Waals surface area contributed by atoms with Crippen LogP contribution in [0.3, 0.4) is 0 Å². The van der Waals surface area contributed by atoms with Gasteiger partial charge < -0.3 is 10.6 Å². The van der Waals surface area contributed by atoms with E-state index in [-0.39, 0.29) is 6.04 Å². The molecular weight excluding hydrogens is 268 g/mol. The lowest BCUT2D eigenvalue weighted by Crippen LogP contribution is -2.17. The zero-order chi connectivity index (χ0) is 14.1. The van der Waals surface area contributed by atoms with Crippen LogP contribution < -0.4 is 10.6 Å². The van der Waals surface area contributed by atoms with Gasteiger partial charge in [0, 0.05) is 23.7 Å². The summed E-state index contributed by atoms with van der Waals surface area (Å²) in [7, 11) is 2.07. The number of pyridine rings is 1. The third kappa shape index (κ3) is 2.69. The Morgan fingerprint density at radius 3 is 3.00 bits per heavy atom. The molecule has 3 rings (SSSR count). The molecule has 1 atom stereocenters. The van der Waals surface area contributed by atoms with E-state index < -0.39 is 0 Å². The monoisotopic (exact) mass is 288 g/mol. The zero-order valence-electron chi connectivity index (χ0n) is 12.0. The van der Waals surface area contributed by atoms with Crippen LogP contribution in [0.4, 0.5) is 5.13 Å². The fraction of sp³-hybridized carbons (Fsp3) is 0.467. The summed E-state index contributed by atoms with van der Waals surface area (Å²) < 4.78 is 0. The SMILES string of the molecule is Cc1cccc(CN(C)c2nc3c(s2)C(N)CCC3)n1. The number of aryl methyl sites for hydroxylation is 2. The molecule has 106 valence electrons. The minimum absolute atomic E-state index is 0.176. The van der Waals surface area contributed by atoms with E-state index in [1.165, 1.54) is 10.6 Å². The summed E-state index contributed by atoms with van der Waals surface area (Å²) in [6.45, 7) is 2.80. The highest BCUT2D eigenvalue weighted by molar-refractivity contribution is 7.15. The van der Waals surface area contributed by atoms with Gasteiger partial charge in [0.15, 0.2) is 5.13 Å². The summed E-state index contributed by atoms with van der Waals surface area (Å²) in [5.74, 6) is 0. The molecule has 0 amide bonds. The Hall–Kier alpha value is -1.46. The Bertz CT molecular complexity index is 608. The number of nitrogens with zero attached hydrogens (tertiary/aromatic N) is 3. The minimum atomic E-state index is 0.176. The molecule has 0 aliphatic heterocycles. The van der Waals surface area contributed by atoms with Gasteiger partial charge in [-0.25, -0.2) is 4.98 Å². The van der Waals surface area contributed by atoms with Crippen molar-refractivity contribution in [3.63, 3.8) is 0 Å². The number of aromatic nitrogens is 2. The van der Waals surface area contributed by atoms with Crippen LogP contribution >= 0.6 is 11.3 Å². The second-order valence-corrected chi connectivity index (χ2v) is 6.44. The summed E-state index contributed by atoms with van der Waals surface area (Å²) in [5, 5.41) is 1.05. The summed E-state index contributed by atoms with van der Waals surface area (Å²) in [6, 6.07) is 6.30. The van der Waals surface area contributed by atoms with Crippen LogP contribution in [-0.2, 0) is 13.0 Å². The predicted molar refractivity (Wildman–Crippen MR) is 83.1 cm³/mol. The van der Waals surface area contributed by atoms with Gasteiger partial charge in [0.2, 0.25) is 0 Å². The van der Waals surface area contributed by atoms with E-state index in [2.05, 4.69) is 23.0 Å². The van der Waals surface area contributed by atoms with Crippen molar-refractivity contribution in [1.82, 2.24) is 9.97 Å². The van der Waals surface area contributed by atoms with Crippen LogP contribution in [0.1, 0.15) is 40.8 Å². The Kier molecular flexibility index (Phi) is 3.72. The molecular formula is C15H20N4S. The van der Waals surface area contributed by atoms with Crippen molar-refractivity contribution in [3.05, 3.63) is 40.2 Å². The Balaban J connectivity index is 1.79. The molecule has 20 heavy (non-hydrogen) atoms. The molecule has 4 nitrogen and oxygen atoms in total. The number of anilines is 1. The van der Waals surface area contributed by atoms with Gasteiger partial charge in [-0.1, -0.05) is 17.4 Å². The van der Waals surface area contributed by atoms with Crippen LogP contribution in [-0.4, -0.2) is 17.0 Å². The maximum absolute atomic E-state index is 6.17. The molecule has 0 bridgehead atoms. The third-order valence-electron chi connectivity index (χ3n) is 3.65. The number of hydrogen-bond donors (Lipinski definition) is 1. The van der Waals surface area contributed by atoms with Gasteiger partial charge in [-0.2, -0.15) is 0 Å².